The summed E-state index contributed by atoms with van der Waals surface area (Å²) in [6, 6.07) is 26.8. The molecule has 516 valence electrons. The van der Waals surface area contributed by atoms with E-state index in [9.17, 15) is 0 Å². The standard InChI is InChI=1S/C48H72B2O4Si2.C36H48Br2Si2/c1-31(2)55(32(3)4,33(5)6)27-25-41-39-23-21-38(50-53-47(17,18)48(19,20)54-50)30-44(39)42(26-28-56(34(7)8,35(9)10)36(11)12)40-24-22-37(29-43(40)41)49-51-45(13,14)46(15,16)52-49;1-23(2)39(24(3)4,25(5)6)19-17-33-31-15-13-30(38)22-36(31)34(32-16-14-29(37)21-35(32)33)18-20-40(26(7)8,27(9)10)28(11)12/h21-24,29-36H,1-20H3;13-16,21-28H,1-12H3. The van der Waals surface area contributed by atoms with Gasteiger partial charge in [-0.3, -0.25) is 0 Å². The maximum atomic E-state index is 6.64. The van der Waals surface area contributed by atoms with Crippen LogP contribution in [0.4, 0.5) is 0 Å². The van der Waals surface area contributed by atoms with E-state index in [1.165, 1.54) is 21.5 Å². The summed E-state index contributed by atoms with van der Waals surface area (Å²) in [6.07, 6.45) is 0. The van der Waals surface area contributed by atoms with E-state index in [1.54, 1.807) is 0 Å². The Morgan fingerprint density at radius 1 is 0.271 bits per heavy atom. The molecule has 8 rings (SSSR count). The van der Waals surface area contributed by atoms with Crippen LogP contribution in [0, 0.1) is 45.9 Å². The molecule has 0 amide bonds. The molecular weight excluding hydrogens is 1370 g/mol. The minimum absolute atomic E-state index is 0.450. The molecule has 2 saturated heterocycles. The van der Waals surface area contributed by atoms with E-state index >= 15 is 0 Å². The molecule has 6 aromatic carbocycles. The fourth-order valence-electron chi connectivity index (χ4n) is 17.6. The molecule has 2 fully saturated rings. The topological polar surface area (TPSA) is 36.9 Å². The van der Waals surface area contributed by atoms with Crippen LogP contribution in [-0.4, -0.2) is 68.9 Å². The smallest absolute Gasteiger partial charge is 0.399 e. The Hall–Kier alpha value is -3.60. The normalized spacial score (nSPS) is 16.5. The van der Waals surface area contributed by atoms with Crippen LogP contribution in [0.15, 0.2) is 81.7 Å². The molecule has 4 nitrogen and oxygen atoms in total. The van der Waals surface area contributed by atoms with Gasteiger partial charge in [-0.15, -0.1) is 22.2 Å². The summed E-state index contributed by atoms with van der Waals surface area (Å²) in [6.45, 7) is 74.2. The van der Waals surface area contributed by atoms with Gasteiger partial charge in [0.05, 0.1) is 22.4 Å². The quantitative estimate of drug-likeness (QED) is 0.0619. The largest absolute Gasteiger partial charge is 0.494 e. The molecule has 96 heavy (non-hydrogen) atoms. The lowest BCUT2D eigenvalue weighted by Crippen LogP contribution is -2.43. The first-order chi connectivity index (χ1) is 44.3. The van der Waals surface area contributed by atoms with Crippen LogP contribution in [0.2, 0.25) is 66.5 Å². The Morgan fingerprint density at radius 3 is 0.635 bits per heavy atom. The van der Waals surface area contributed by atoms with Crippen molar-refractivity contribution in [3.05, 3.63) is 104 Å². The molecule has 0 spiro atoms. The van der Waals surface area contributed by atoms with E-state index in [4.69, 9.17) is 18.6 Å². The van der Waals surface area contributed by atoms with E-state index in [2.05, 4.69) is 372 Å². The molecule has 0 aromatic heterocycles. The predicted octanol–water partition coefficient (Wildman–Crippen LogP) is 24.4. The molecule has 0 aliphatic carbocycles. The molecule has 2 heterocycles. The second-order valence-electron chi connectivity index (χ2n) is 34.3. The van der Waals surface area contributed by atoms with Crippen LogP contribution < -0.4 is 10.9 Å². The molecular formula is C84H120B2Br2O4Si4. The SMILES string of the molecule is CC(C)[Si](C#Cc1c2ccc(B3OC(C)(C)C(C)(C)O3)cc2c(C#C[Si](C(C)C)(C(C)C)C(C)C)c2ccc(B3OC(C)(C)C(C)(C)O3)cc12)(C(C)C)C(C)C.CC(C)[Si](C#Cc1c2ccc(Br)cc2c(C#C[Si](C(C)C)(C(C)C)C(C)C)c2ccc(Br)cc12)(C(C)C)C(C)C. The van der Waals surface area contributed by atoms with Crippen molar-refractivity contribution in [1.29, 1.82) is 0 Å². The van der Waals surface area contributed by atoms with Crippen molar-refractivity contribution in [2.45, 2.75) is 310 Å². The number of benzene rings is 6. The van der Waals surface area contributed by atoms with E-state index in [0.717, 1.165) is 63.7 Å². The Balaban J connectivity index is 0.000000287. The first kappa shape index (κ1) is 79.7. The van der Waals surface area contributed by atoms with Crippen molar-refractivity contribution in [3.8, 4) is 45.9 Å². The molecule has 0 unspecified atom stereocenters. The van der Waals surface area contributed by atoms with Crippen LogP contribution in [0.25, 0.3) is 43.1 Å². The van der Waals surface area contributed by atoms with Crippen LogP contribution >= 0.6 is 31.9 Å². The van der Waals surface area contributed by atoms with Crippen molar-refractivity contribution >= 4 is 132 Å². The summed E-state index contributed by atoms with van der Waals surface area (Å²) < 4.78 is 28.7. The highest BCUT2D eigenvalue weighted by Gasteiger charge is 2.54. The Morgan fingerprint density at radius 2 is 0.448 bits per heavy atom. The third-order valence-corrected chi connectivity index (χ3v) is 50.5. The van der Waals surface area contributed by atoms with Gasteiger partial charge in [0.1, 0.15) is 32.3 Å². The number of rotatable bonds is 14. The van der Waals surface area contributed by atoms with Gasteiger partial charge >= 0.3 is 14.2 Å². The van der Waals surface area contributed by atoms with Crippen LogP contribution in [0.3, 0.4) is 0 Å². The van der Waals surface area contributed by atoms with Crippen LogP contribution in [-0.2, 0) is 18.6 Å². The first-order valence-corrected chi connectivity index (χ1v) is 47.0. The zero-order valence-electron chi connectivity index (χ0n) is 65.4. The zero-order chi connectivity index (χ0) is 72.3. The van der Waals surface area contributed by atoms with Gasteiger partial charge in [0.25, 0.3) is 0 Å². The highest BCUT2D eigenvalue weighted by atomic mass is 79.9. The van der Waals surface area contributed by atoms with E-state index < -0.39 is 68.9 Å². The summed E-state index contributed by atoms with van der Waals surface area (Å²) in [5.41, 5.74) is 27.4. The highest BCUT2D eigenvalue weighted by Crippen LogP contribution is 2.47. The fourth-order valence-corrected chi connectivity index (χ4v) is 39.2. The maximum Gasteiger partial charge on any atom is 0.494 e. The minimum atomic E-state index is -2.09. The number of halogens is 2. The average Bonchev–Trinajstić information content (AvgIpc) is 1.22. The summed E-state index contributed by atoms with van der Waals surface area (Å²) >= 11 is 7.56. The molecule has 0 radical (unpaired) electrons. The van der Waals surface area contributed by atoms with Gasteiger partial charge in [-0.2, -0.15) is 0 Å². The molecule has 0 bridgehead atoms. The summed E-state index contributed by atoms with van der Waals surface area (Å²) in [4.78, 5) is 0. The van der Waals surface area contributed by atoms with E-state index in [-0.39, 0.29) is 0 Å². The number of hydrogen-bond acceptors (Lipinski definition) is 4. The van der Waals surface area contributed by atoms with Gasteiger partial charge in [-0.1, -0.05) is 270 Å². The number of hydrogen-bond donors (Lipinski definition) is 0. The first-order valence-electron chi connectivity index (χ1n) is 36.5. The highest BCUT2D eigenvalue weighted by molar-refractivity contribution is 9.10. The number of fused-ring (bicyclic) bond motifs is 4. The fraction of sp³-hybridized carbons (Fsp3) is 0.571. The Labute approximate surface area is 606 Å². The van der Waals surface area contributed by atoms with Crippen LogP contribution in [0.5, 0.6) is 0 Å². The Bertz CT molecular complexity index is 3740. The monoisotopic (exact) mass is 1480 g/mol. The van der Waals surface area contributed by atoms with Crippen molar-refractivity contribution in [2.24, 2.45) is 0 Å². The van der Waals surface area contributed by atoms with E-state index in [0.29, 0.717) is 66.5 Å². The summed E-state index contributed by atoms with van der Waals surface area (Å²) in [5.74, 6) is 15.6. The predicted molar refractivity (Wildman–Crippen MR) is 441 cm³/mol. The van der Waals surface area contributed by atoms with Gasteiger partial charge in [0.2, 0.25) is 0 Å². The molecule has 6 aromatic rings. The molecule has 2 aliphatic heterocycles. The molecule has 0 atom stereocenters. The van der Waals surface area contributed by atoms with E-state index in [1.807, 2.05) is 0 Å². The van der Waals surface area contributed by atoms with Gasteiger partial charge < -0.3 is 18.6 Å². The Kier molecular flexibility index (Phi) is 24.7. The zero-order valence-corrected chi connectivity index (χ0v) is 72.6. The van der Waals surface area contributed by atoms with Crippen molar-refractivity contribution in [2.75, 3.05) is 0 Å². The van der Waals surface area contributed by atoms with Crippen molar-refractivity contribution in [3.63, 3.8) is 0 Å². The average molecular weight is 1490 g/mol. The van der Waals surface area contributed by atoms with Gasteiger partial charge in [-0.25, -0.2) is 0 Å². The third-order valence-electron chi connectivity index (χ3n) is 24.3. The molecule has 0 saturated carbocycles. The lowest BCUT2D eigenvalue weighted by atomic mass is 9.75. The second kappa shape index (κ2) is 29.8. The van der Waals surface area contributed by atoms with Crippen molar-refractivity contribution < 1.29 is 18.6 Å². The van der Waals surface area contributed by atoms with Gasteiger partial charge in [-0.05, 0) is 189 Å². The molecule has 2 aliphatic rings. The maximum absolute atomic E-state index is 6.64. The van der Waals surface area contributed by atoms with Gasteiger partial charge in [0.15, 0.2) is 0 Å². The second-order valence-corrected chi connectivity index (χ2v) is 58.4. The van der Waals surface area contributed by atoms with Crippen LogP contribution in [0.1, 0.15) is 244 Å². The summed E-state index contributed by atoms with van der Waals surface area (Å²) in [7, 11) is -8.97. The lowest BCUT2D eigenvalue weighted by Gasteiger charge is -2.38. The molecule has 12 heteroatoms. The molecule has 0 N–H and O–H groups in total. The minimum Gasteiger partial charge on any atom is -0.399 e. The third kappa shape index (κ3) is 14.6. The van der Waals surface area contributed by atoms with Gasteiger partial charge in [0, 0.05) is 42.0 Å². The summed E-state index contributed by atoms with van der Waals surface area (Å²) in [5, 5.41) is 9.25. The lowest BCUT2D eigenvalue weighted by molar-refractivity contribution is 0.00578. The van der Waals surface area contributed by atoms with Crippen molar-refractivity contribution in [1.82, 2.24) is 0 Å².